The van der Waals surface area contributed by atoms with Gasteiger partial charge in [-0.15, -0.1) is 0 Å². The van der Waals surface area contributed by atoms with Gasteiger partial charge in [0.15, 0.2) is 0 Å². The molecule has 0 unspecified atom stereocenters. The third kappa shape index (κ3) is 2.36. The van der Waals surface area contributed by atoms with Crippen LogP contribution in [-0.4, -0.2) is 29.9 Å². The standard InChI is InChI=1S/C12H15ClN2O/c13-11-4-2-1-3-10(11)12(16)15-7-5-9(14)6-8-15/h1-4,9H,5-8,14H2. The minimum absolute atomic E-state index is 0.0116. The van der Waals surface area contributed by atoms with Crippen molar-refractivity contribution in [3.05, 3.63) is 34.9 Å². The zero-order valence-electron chi connectivity index (χ0n) is 9.03. The molecule has 16 heavy (non-hydrogen) atoms. The molecule has 0 aromatic heterocycles. The Morgan fingerprint density at radius 2 is 1.94 bits per heavy atom. The average molecular weight is 239 g/mol. The summed E-state index contributed by atoms with van der Waals surface area (Å²) in [4.78, 5) is 14.0. The third-order valence-electron chi connectivity index (χ3n) is 2.93. The number of hydrogen-bond donors (Lipinski definition) is 1. The van der Waals surface area contributed by atoms with Gasteiger partial charge in [-0.1, -0.05) is 23.7 Å². The molecule has 86 valence electrons. The summed E-state index contributed by atoms with van der Waals surface area (Å²) in [6, 6.07) is 7.39. The van der Waals surface area contributed by atoms with Gasteiger partial charge in [0, 0.05) is 19.1 Å². The first-order valence-electron chi connectivity index (χ1n) is 5.48. The van der Waals surface area contributed by atoms with E-state index in [2.05, 4.69) is 0 Å². The summed E-state index contributed by atoms with van der Waals surface area (Å²) in [7, 11) is 0. The van der Waals surface area contributed by atoms with Crippen LogP contribution in [0.1, 0.15) is 23.2 Å². The maximum Gasteiger partial charge on any atom is 0.255 e. The SMILES string of the molecule is NC1CCN(C(=O)c2ccccc2Cl)CC1. The van der Waals surface area contributed by atoms with Gasteiger partial charge in [-0.2, -0.15) is 0 Å². The molecule has 1 aromatic carbocycles. The smallest absolute Gasteiger partial charge is 0.255 e. The Balaban J connectivity index is 2.11. The lowest BCUT2D eigenvalue weighted by atomic mass is 10.0. The van der Waals surface area contributed by atoms with Crippen LogP contribution in [-0.2, 0) is 0 Å². The van der Waals surface area contributed by atoms with E-state index in [9.17, 15) is 4.79 Å². The normalized spacial score (nSPS) is 17.5. The van der Waals surface area contributed by atoms with Gasteiger partial charge < -0.3 is 10.6 Å². The summed E-state index contributed by atoms with van der Waals surface area (Å²) in [5, 5.41) is 0.516. The second-order valence-electron chi connectivity index (χ2n) is 4.11. The summed E-state index contributed by atoms with van der Waals surface area (Å²) >= 11 is 5.99. The van der Waals surface area contributed by atoms with Crippen LogP contribution < -0.4 is 5.73 Å². The minimum Gasteiger partial charge on any atom is -0.338 e. The molecule has 0 atom stereocenters. The molecule has 1 saturated heterocycles. The molecule has 3 nitrogen and oxygen atoms in total. The Bertz CT molecular complexity index is 386. The molecule has 1 heterocycles. The summed E-state index contributed by atoms with van der Waals surface area (Å²) in [5.74, 6) is 0.0116. The number of halogens is 1. The highest BCUT2D eigenvalue weighted by atomic mass is 35.5. The molecule has 0 spiro atoms. The van der Waals surface area contributed by atoms with Crippen molar-refractivity contribution in [2.24, 2.45) is 5.73 Å². The van der Waals surface area contributed by atoms with Crippen molar-refractivity contribution in [3.8, 4) is 0 Å². The number of hydrogen-bond acceptors (Lipinski definition) is 2. The fourth-order valence-electron chi connectivity index (χ4n) is 1.91. The lowest BCUT2D eigenvalue weighted by molar-refractivity contribution is 0.0715. The number of nitrogens with two attached hydrogens (primary N) is 1. The van der Waals surface area contributed by atoms with E-state index in [4.69, 9.17) is 17.3 Å². The second-order valence-corrected chi connectivity index (χ2v) is 4.52. The van der Waals surface area contributed by atoms with Gasteiger partial charge in [-0.3, -0.25) is 4.79 Å². The van der Waals surface area contributed by atoms with E-state index in [1.807, 2.05) is 17.0 Å². The zero-order valence-corrected chi connectivity index (χ0v) is 9.78. The molecular formula is C12H15ClN2O. The van der Waals surface area contributed by atoms with Crippen LogP contribution in [0.5, 0.6) is 0 Å². The predicted molar refractivity (Wildman–Crippen MR) is 64.6 cm³/mol. The van der Waals surface area contributed by atoms with Crippen LogP contribution in [0, 0.1) is 0 Å². The first-order valence-corrected chi connectivity index (χ1v) is 5.85. The van der Waals surface area contributed by atoms with E-state index >= 15 is 0 Å². The van der Waals surface area contributed by atoms with Crippen LogP contribution in [0.4, 0.5) is 0 Å². The second kappa shape index (κ2) is 4.85. The van der Waals surface area contributed by atoms with Gasteiger partial charge in [0.05, 0.1) is 10.6 Å². The van der Waals surface area contributed by atoms with Crippen LogP contribution in [0.2, 0.25) is 5.02 Å². The van der Waals surface area contributed by atoms with Crippen LogP contribution in [0.15, 0.2) is 24.3 Å². The Morgan fingerprint density at radius 3 is 2.56 bits per heavy atom. The molecule has 0 bridgehead atoms. The van der Waals surface area contributed by atoms with Crippen molar-refractivity contribution in [1.82, 2.24) is 4.90 Å². The van der Waals surface area contributed by atoms with Crippen molar-refractivity contribution >= 4 is 17.5 Å². The monoisotopic (exact) mass is 238 g/mol. The first-order chi connectivity index (χ1) is 7.68. The maximum absolute atomic E-state index is 12.1. The topological polar surface area (TPSA) is 46.3 Å². The Labute approximate surface area is 100 Å². The number of carbonyl (C=O) groups is 1. The Morgan fingerprint density at radius 1 is 1.31 bits per heavy atom. The van der Waals surface area contributed by atoms with Gasteiger partial charge >= 0.3 is 0 Å². The summed E-state index contributed by atoms with van der Waals surface area (Å²) in [6.45, 7) is 1.45. The molecule has 0 radical (unpaired) electrons. The van der Waals surface area contributed by atoms with Crippen molar-refractivity contribution in [2.45, 2.75) is 18.9 Å². The number of amides is 1. The van der Waals surface area contributed by atoms with Crippen molar-refractivity contribution in [3.63, 3.8) is 0 Å². The molecule has 2 N–H and O–H groups in total. The molecule has 1 aliphatic rings. The lowest BCUT2D eigenvalue weighted by Crippen LogP contribution is -2.42. The molecule has 0 aliphatic carbocycles. The van der Waals surface area contributed by atoms with E-state index in [1.165, 1.54) is 0 Å². The van der Waals surface area contributed by atoms with Gasteiger partial charge in [0.25, 0.3) is 5.91 Å². The quantitative estimate of drug-likeness (QED) is 0.812. The fraction of sp³-hybridized carbons (Fsp3) is 0.417. The maximum atomic E-state index is 12.1. The molecule has 4 heteroatoms. The van der Waals surface area contributed by atoms with Crippen LogP contribution >= 0.6 is 11.6 Å². The molecular weight excluding hydrogens is 224 g/mol. The highest BCUT2D eigenvalue weighted by molar-refractivity contribution is 6.33. The Hall–Kier alpha value is -1.06. The van der Waals surface area contributed by atoms with E-state index in [0.717, 1.165) is 25.9 Å². The van der Waals surface area contributed by atoms with E-state index in [1.54, 1.807) is 12.1 Å². The third-order valence-corrected chi connectivity index (χ3v) is 3.26. The molecule has 2 rings (SSSR count). The molecule has 0 saturated carbocycles. The number of likely N-dealkylation sites (tertiary alicyclic amines) is 1. The minimum atomic E-state index is 0.0116. The molecule has 1 aliphatic heterocycles. The zero-order chi connectivity index (χ0) is 11.5. The number of carbonyl (C=O) groups excluding carboxylic acids is 1. The van der Waals surface area contributed by atoms with Crippen molar-refractivity contribution in [1.29, 1.82) is 0 Å². The highest BCUT2D eigenvalue weighted by Gasteiger charge is 2.22. The fourth-order valence-corrected chi connectivity index (χ4v) is 2.12. The van der Waals surface area contributed by atoms with E-state index < -0.39 is 0 Å². The molecule has 1 aromatic rings. The largest absolute Gasteiger partial charge is 0.338 e. The molecule has 1 amide bonds. The van der Waals surface area contributed by atoms with Crippen molar-refractivity contribution < 1.29 is 4.79 Å². The summed E-state index contributed by atoms with van der Waals surface area (Å²) in [6.07, 6.45) is 1.74. The van der Waals surface area contributed by atoms with Crippen LogP contribution in [0.3, 0.4) is 0 Å². The van der Waals surface area contributed by atoms with Crippen LogP contribution in [0.25, 0.3) is 0 Å². The predicted octanol–water partition coefficient (Wildman–Crippen LogP) is 1.90. The van der Waals surface area contributed by atoms with Gasteiger partial charge in [-0.25, -0.2) is 0 Å². The number of piperidine rings is 1. The average Bonchev–Trinajstić information content (AvgIpc) is 2.30. The van der Waals surface area contributed by atoms with E-state index in [0.29, 0.717) is 10.6 Å². The number of nitrogens with zero attached hydrogens (tertiary/aromatic N) is 1. The van der Waals surface area contributed by atoms with Crippen molar-refractivity contribution in [2.75, 3.05) is 13.1 Å². The highest BCUT2D eigenvalue weighted by Crippen LogP contribution is 2.19. The van der Waals surface area contributed by atoms with Gasteiger partial charge in [0.1, 0.15) is 0 Å². The first kappa shape index (κ1) is 11.4. The van der Waals surface area contributed by atoms with E-state index in [-0.39, 0.29) is 11.9 Å². The summed E-state index contributed by atoms with van der Waals surface area (Å²) in [5.41, 5.74) is 6.38. The summed E-state index contributed by atoms with van der Waals surface area (Å²) < 4.78 is 0. The van der Waals surface area contributed by atoms with Gasteiger partial charge in [-0.05, 0) is 25.0 Å². The number of benzene rings is 1. The molecule has 1 fully saturated rings. The number of rotatable bonds is 1. The Kier molecular flexibility index (Phi) is 3.46. The van der Waals surface area contributed by atoms with Gasteiger partial charge in [0.2, 0.25) is 0 Å². The lowest BCUT2D eigenvalue weighted by Gasteiger charge is -2.30.